The zero-order chi connectivity index (χ0) is 23.2. The van der Waals surface area contributed by atoms with Crippen molar-refractivity contribution in [1.82, 2.24) is 0 Å². The van der Waals surface area contributed by atoms with E-state index >= 15 is 0 Å². The van der Waals surface area contributed by atoms with Gasteiger partial charge < -0.3 is 19.7 Å². The lowest BCUT2D eigenvalue weighted by molar-refractivity contribution is -0.125. The van der Waals surface area contributed by atoms with Gasteiger partial charge in [0.05, 0.1) is 12.2 Å². The summed E-state index contributed by atoms with van der Waals surface area (Å²) in [6.07, 6.45) is 0.453. The lowest BCUT2D eigenvalue weighted by Gasteiger charge is -2.33. The second-order valence-corrected chi connectivity index (χ2v) is 8.13. The summed E-state index contributed by atoms with van der Waals surface area (Å²) >= 11 is 0. The van der Waals surface area contributed by atoms with Gasteiger partial charge in [-0.25, -0.2) is 0 Å². The first-order chi connectivity index (χ1) is 16.0. The average molecular weight is 445 g/mol. The maximum Gasteiger partial charge on any atom is 0.267 e. The molecule has 0 aromatic heterocycles. The van der Waals surface area contributed by atoms with Crippen LogP contribution < -0.4 is 19.7 Å². The van der Waals surface area contributed by atoms with Crippen LogP contribution in [0.15, 0.2) is 72.8 Å². The Bertz CT molecular complexity index is 1110. The molecule has 6 nitrogen and oxygen atoms in total. The zero-order valence-corrected chi connectivity index (χ0v) is 18.9. The zero-order valence-electron chi connectivity index (χ0n) is 18.9. The van der Waals surface area contributed by atoms with Gasteiger partial charge in [-0.2, -0.15) is 0 Å². The van der Waals surface area contributed by atoms with Gasteiger partial charge in [-0.1, -0.05) is 48.0 Å². The smallest absolute Gasteiger partial charge is 0.267 e. The van der Waals surface area contributed by atoms with Crippen LogP contribution >= 0.6 is 0 Å². The molecule has 2 amide bonds. The quantitative estimate of drug-likeness (QED) is 0.544. The molecule has 33 heavy (non-hydrogen) atoms. The second kappa shape index (κ2) is 10.2. The van der Waals surface area contributed by atoms with E-state index in [1.165, 1.54) is 0 Å². The standard InChI is InChI=1S/C27H28N2O4/c1-19-8-12-23(13-9-19)32-17-16-29-24-14-11-22(18-25(24)33-20(2)27(29)31)28-26(30)15-10-21-6-4-3-5-7-21/h3-9,11-14,18,20H,10,15-17H2,1-2H3,(H,28,30). The number of hydrogen-bond acceptors (Lipinski definition) is 4. The highest BCUT2D eigenvalue weighted by Gasteiger charge is 2.31. The van der Waals surface area contributed by atoms with Gasteiger partial charge in [0.2, 0.25) is 5.91 Å². The first-order valence-corrected chi connectivity index (χ1v) is 11.1. The van der Waals surface area contributed by atoms with Crippen LogP contribution in [0.5, 0.6) is 11.5 Å². The minimum atomic E-state index is -0.610. The van der Waals surface area contributed by atoms with Crippen molar-refractivity contribution in [1.29, 1.82) is 0 Å². The van der Waals surface area contributed by atoms with Gasteiger partial charge >= 0.3 is 0 Å². The Balaban J connectivity index is 1.38. The lowest BCUT2D eigenvalue weighted by Crippen LogP contribution is -2.46. The second-order valence-electron chi connectivity index (χ2n) is 8.13. The maximum atomic E-state index is 12.7. The first-order valence-electron chi connectivity index (χ1n) is 11.1. The van der Waals surface area contributed by atoms with Crippen molar-refractivity contribution in [2.24, 2.45) is 0 Å². The highest BCUT2D eigenvalue weighted by Crippen LogP contribution is 2.36. The Morgan fingerprint density at radius 2 is 1.82 bits per heavy atom. The molecular formula is C27H28N2O4. The number of benzene rings is 3. The molecule has 1 heterocycles. The van der Waals surface area contributed by atoms with E-state index in [0.717, 1.165) is 16.9 Å². The normalized spacial score (nSPS) is 14.9. The van der Waals surface area contributed by atoms with Crippen molar-refractivity contribution in [2.75, 3.05) is 23.4 Å². The first kappa shape index (κ1) is 22.4. The Labute approximate surface area is 194 Å². The molecule has 1 aliphatic heterocycles. The summed E-state index contributed by atoms with van der Waals surface area (Å²) in [5.41, 5.74) is 3.60. The van der Waals surface area contributed by atoms with Crippen LogP contribution in [-0.2, 0) is 16.0 Å². The number of ether oxygens (including phenoxy) is 2. The van der Waals surface area contributed by atoms with E-state index in [2.05, 4.69) is 5.32 Å². The third-order valence-corrected chi connectivity index (χ3v) is 5.54. The fourth-order valence-electron chi connectivity index (χ4n) is 3.73. The fourth-order valence-corrected chi connectivity index (χ4v) is 3.73. The molecule has 0 saturated carbocycles. The van der Waals surface area contributed by atoms with E-state index in [4.69, 9.17) is 9.47 Å². The van der Waals surface area contributed by atoms with Gasteiger partial charge in [0.25, 0.3) is 5.91 Å². The highest BCUT2D eigenvalue weighted by molar-refractivity contribution is 6.00. The molecule has 0 bridgehead atoms. The number of nitrogens with zero attached hydrogens (tertiary/aromatic N) is 1. The number of amides is 2. The molecular weight excluding hydrogens is 416 g/mol. The third-order valence-electron chi connectivity index (χ3n) is 5.54. The van der Waals surface area contributed by atoms with Crippen LogP contribution in [0.1, 0.15) is 24.5 Å². The summed E-state index contributed by atoms with van der Waals surface area (Å²) in [6.45, 7) is 4.51. The molecule has 3 aromatic rings. The molecule has 1 aliphatic rings. The summed E-state index contributed by atoms with van der Waals surface area (Å²) in [7, 11) is 0. The molecule has 4 rings (SSSR count). The van der Waals surface area contributed by atoms with Crippen LogP contribution in [0, 0.1) is 6.92 Å². The lowest BCUT2D eigenvalue weighted by atomic mass is 10.1. The summed E-state index contributed by atoms with van der Waals surface area (Å²) in [6, 6.07) is 23.1. The Hall–Kier alpha value is -3.80. The van der Waals surface area contributed by atoms with Gasteiger partial charge in [-0.3, -0.25) is 9.59 Å². The average Bonchev–Trinajstić information content (AvgIpc) is 2.82. The number of hydrogen-bond donors (Lipinski definition) is 1. The van der Waals surface area contributed by atoms with E-state index in [0.29, 0.717) is 43.1 Å². The van der Waals surface area contributed by atoms with Gasteiger partial charge in [0.15, 0.2) is 6.10 Å². The molecule has 0 spiro atoms. The Morgan fingerprint density at radius 3 is 2.58 bits per heavy atom. The van der Waals surface area contributed by atoms with Crippen LogP contribution in [0.25, 0.3) is 0 Å². The SMILES string of the molecule is Cc1ccc(OCCN2C(=O)C(C)Oc3cc(NC(=O)CCc4ccccc4)ccc32)cc1. The number of fused-ring (bicyclic) bond motifs is 1. The molecule has 1 unspecified atom stereocenters. The fraction of sp³-hybridized carbons (Fsp3) is 0.259. The largest absolute Gasteiger partial charge is 0.492 e. The molecule has 1 N–H and O–H groups in total. The predicted octanol–water partition coefficient (Wildman–Crippen LogP) is 4.76. The van der Waals surface area contributed by atoms with E-state index < -0.39 is 6.10 Å². The van der Waals surface area contributed by atoms with E-state index in [1.54, 1.807) is 30.0 Å². The number of nitrogens with one attached hydrogen (secondary N) is 1. The Morgan fingerprint density at radius 1 is 1.06 bits per heavy atom. The summed E-state index contributed by atoms with van der Waals surface area (Å²) in [5, 5.41) is 2.93. The number of carbonyl (C=O) groups is 2. The third kappa shape index (κ3) is 5.71. The van der Waals surface area contributed by atoms with E-state index in [-0.39, 0.29) is 11.8 Å². The van der Waals surface area contributed by atoms with Gasteiger partial charge in [0.1, 0.15) is 18.1 Å². The van der Waals surface area contributed by atoms with Gasteiger partial charge in [-0.05, 0) is 50.1 Å². The van der Waals surface area contributed by atoms with Crippen molar-refractivity contribution >= 4 is 23.2 Å². The van der Waals surface area contributed by atoms with Crippen molar-refractivity contribution in [3.8, 4) is 11.5 Å². The molecule has 0 saturated heterocycles. The van der Waals surface area contributed by atoms with Crippen molar-refractivity contribution in [3.05, 3.63) is 83.9 Å². The van der Waals surface area contributed by atoms with Crippen molar-refractivity contribution < 1.29 is 19.1 Å². The molecule has 3 aromatic carbocycles. The molecule has 170 valence electrons. The minimum absolute atomic E-state index is 0.0675. The summed E-state index contributed by atoms with van der Waals surface area (Å²) in [5.74, 6) is 1.15. The molecule has 0 fully saturated rings. The van der Waals surface area contributed by atoms with Crippen molar-refractivity contribution in [2.45, 2.75) is 32.8 Å². The van der Waals surface area contributed by atoms with Crippen molar-refractivity contribution in [3.63, 3.8) is 0 Å². The number of rotatable bonds is 8. The number of aryl methyl sites for hydroxylation is 2. The summed E-state index contributed by atoms with van der Waals surface area (Å²) in [4.78, 5) is 26.8. The molecule has 0 aliphatic carbocycles. The van der Waals surface area contributed by atoms with Crippen LogP contribution in [0.3, 0.4) is 0 Å². The van der Waals surface area contributed by atoms with E-state index in [1.807, 2.05) is 61.5 Å². The van der Waals surface area contributed by atoms with Crippen LogP contribution in [0.2, 0.25) is 0 Å². The topological polar surface area (TPSA) is 67.9 Å². The maximum absolute atomic E-state index is 12.7. The van der Waals surface area contributed by atoms with Gasteiger partial charge in [-0.15, -0.1) is 0 Å². The Kier molecular flexibility index (Phi) is 6.93. The minimum Gasteiger partial charge on any atom is -0.492 e. The molecule has 1 atom stereocenters. The predicted molar refractivity (Wildman–Crippen MR) is 129 cm³/mol. The summed E-state index contributed by atoms with van der Waals surface area (Å²) < 4.78 is 11.6. The monoisotopic (exact) mass is 444 g/mol. The molecule has 0 radical (unpaired) electrons. The van der Waals surface area contributed by atoms with Crippen LogP contribution in [0.4, 0.5) is 11.4 Å². The molecule has 6 heteroatoms. The number of carbonyl (C=O) groups excluding carboxylic acids is 2. The van der Waals surface area contributed by atoms with Gasteiger partial charge in [0, 0.05) is 18.2 Å². The van der Waals surface area contributed by atoms with E-state index in [9.17, 15) is 9.59 Å². The number of anilines is 2. The van der Waals surface area contributed by atoms with Crippen LogP contribution in [-0.4, -0.2) is 31.1 Å². The highest BCUT2D eigenvalue weighted by atomic mass is 16.5.